The molecule has 1 heterocycles. The van der Waals surface area contributed by atoms with Gasteiger partial charge in [-0.1, -0.05) is 0 Å². The van der Waals surface area contributed by atoms with Crippen molar-refractivity contribution in [2.24, 2.45) is 23.7 Å². The first-order valence-electron chi connectivity index (χ1n) is 4.60. The maximum atomic E-state index is 5.67. The lowest BCUT2D eigenvalue weighted by Crippen LogP contribution is -2.32. The van der Waals surface area contributed by atoms with Crippen molar-refractivity contribution in [1.82, 2.24) is 0 Å². The lowest BCUT2D eigenvalue weighted by molar-refractivity contribution is 0.202. The van der Waals surface area contributed by atoms with E-state index in [0.717, 1.165) is 35.9 Å². The Morgan fingerprint density at radius 2 is 1.40 bits per heavy atom. The number of ether oxygens (including phenoxy) is 1. The van der Waals surface area contributed by atoms with Gasteiger partial charge in [0.05, 0.1) is 12.2 Å². The largest absolute Gasteiger partial charge is 0.369 e. The van der Waals surface area contributed by atoms with E-state index in [1.807, 2.05) is 0 Å². The molecule has 4 saturated carbocycles. The molecular formula is C9H12O. The molecule has 1 saturated heterocycles. The maximum absolute atomic E-state index is 5.67. The molecular weight excluding hydrogens is 124 g/mol. The van der Waals surface area contributed by atoms with Crippen LogP contribution in [0.1, 0.15) is 19.3 Å². The van der Waals surface area contributed by atoms with E-state index in [0.29, 0.717) is 0 Å². The van der Waals surface area contributed by atoms with Gasteiger partial charge in [-0.3, -0.25) is 0 Å². The van der Waals surface area contributed by atoms with Crippen LogP contribution in [0.4, 0.5) is 0 Å². The van der Waals surface area contributed by atoms with Crippen LogP contribution in [0.3, 0.4) is 0 Å². The Morgan fingerprint density at radius 3 is 2.00 bits per heavy atom. The molecule has 2 bridgehead atoms. The molecule has 5 aliphatic rings. The van der Waals surface area contributed by atoms with E-state index in [1.165, 1.54) is 12.8 Å². The molecule has 1 heteroatoms. The SMILES string of the molecule is C1[C@@H]2[C@H]1[C@@H]1CC[C@H]2C2OC21. The summed E-state index contributed by atoms with van der Waals surface area (Å²) in [6.07, 6.45) is 6.05. The quantitative estimate of drug-likeness (QED) is 0.459. The van der Waals surface area contributed by atoms with Crippen LogP contribution in [-0.4, -0.2) is 12.2 Å². The van der Waals surface area contributed by atoms with E-state index >= 15 is 0 Å². The Kier molecular flexibility index (Phi) is 0.560. The van der Waals surface area contributed by atoms with Crippen LogP contribution in [0.25, 0.3) is 0 Å². The van der Waals surface area contributed by atoms with Crippen LogP contribution in [0, 0.1) is 23.7 Å². The highest BCUT2D eigenvalue weighted by Crippen LogP contribution is 2.68. The first-order valence-corrected chi connectivity index (χ1v) is 4.60. The molecule has 2 unspecified atom stereocenters. The van der Waals surface area contributed by atoms with Gasteiger partial charge in [-0.15, -0.1) is 0 Å². The highest BCUT2D eigenvalue weighted by molar-refractivity contribution is 5.16. The fourth-order valence-electron chi connectivity index (χ4n) is 3.67. The molecule has 6 atom stereocenters. The first-order chi connectivity index (χ1) is 4.95. The predicted octanol–water partition coefficient (Wildman–Crippen LogP) is 1.43. The Morgan fingerprint density at radius 1 is 0.800 bits per heavy atom. The Labute approximate surface area is 60.7 Å². The summed E-state index contributed by atoms with van der Waals surface area (Å²) in [6.45, 7) is 0. The summed E-state index contributed by atoms with van der Waals surface area (Å²) < 4.78 is 5.67. The van der Waals surface area contributed by atoms with Gasteiger partial charge in [-0.05, 0) is 42.9 Å². The minimum atomic E-state index is 0.752. The van der Waals surface area contributed by atoms with Crippen LogP contribution in [-0.2, 0) is 4.74 Å². The number of hydrogen-bond acceptors (Lipinski definition) is 1. The minimum Gasteiger partial charge on any atom is -0.369 e. The van der Waals surface area contributed by atoms with Gasteiger partial charge in [0.15, 0.2) is 0 Å². The molecule has 5 fully saturated rings. The lowest BCUT2D eigenvalue weighted by Gasteiger charge is -2.30. The van der Waals surface area contributed by atoms with Crippen LogP contribution in [0.15, 0.2) is 0 Å². The van der Waals surface area contributed by atoms with E-state index in [1.54, 1.807) is 6.42 Å². The molecule has 1 aliphatic heterocycles. The van der Waals surface area contributed by atoms with Crippen LogP contribution < -0.4 is 0 Å². The number of fused-ring (bicyclic) bond motifs is 1. The molecule has 4 aliphatic carbocycles. The fraction of sp³-hybridized carbons (Fsp3) is 1.00. The van der Waals surface area contributed by atoms with Crippen molar-refractivity contribution in [3.63, 3.8) is 0 Å². The Hall–Kier alpha value is -0.0400. The first kappa shape index (κ1) is 4.76. The van der Waals surface area contributed by atoms with Gasteiger partial charge in [-0.25, -0.2) is 0 Å². The third kappa shape index (κ3) is 0.355. The van der Waals surface area contributed by atoms with Gasteiger partial charge in [0.2, 0.25) is 0 Å². The molecule has 5 rings (SSSR count). The van der Waals surface area contributed by atoms with Gasteiger partial charge in [0, 0.05) is 0 Å². The zero-order chi connectivity index (χ0) is 6.29. The molecule has 10 heavy (non-hydrogen) atoms. The summed E-state index contributed by atoms with van der Waals surface area (Å²) in [4.78, 5) is 0. The second-order valence-electron chi connectivity index (χ2n) is 4.53. The summed E-state index contributed by atoms with van der Waals surface area (Å²) in [5.74, 6) is 4.28. The molecule has 0 aromatic heterocycles. The van der Waals surface area contributed by atoms with Crippen molar-refractivity contribution in [1.29, 1.82) is 0 Å². The zero-order valence-corrected chi connectivity index (χ0v) is 5.99. The van der Waals surface area contributed by atoms with Gasteiger partial charge >= 0.3 is 0 Å². The standard InChI is InChI=1S/C9H12O/c1-2-5-7-3-6(7)4(1)8-9(5)10-8/h4-9H,1-3H2/t4-,5+,6+,7-,8?,9?. The number of hydrogen-bond donors (Lipinski definition) is 0. The van der Waals surface area contributed by atoms with Crippen molar-refractivity contribution >= 4 is 0 Å². The zero-order valence-electron chi connectivity index (χ0n) is 5.99. The highest BCUT2D eigenvalue weighted by Gasteiger charge is 2.68. The maximum Gasteiger partial charge on any atom is 0.0875 e. The van der Waals surface area contributed by atoms with Gasteiger partial charge < -0.3 is 4.74 Å². The number of epoxide rings is 1. The molecule has 0 aromatic rings. The van der Waals surface area contributed by atoms with E-state index < -0.39 is 0 Å². The van der Waals surface area contributed by atoms with E-state index in [2.05, 4.69) is 0 Å². The highest BCUT2D eigenvalue weighted by atomic mass is 16.6. The molecule has 0 N–H and O–H groups in total. The van der Waals surface area contributed by atoms with Gasteiger partial charge in [0.25, 0.3) is 0 Å². The third-order valence-electron chi connectivity index (χ3n) is 4.23. The Bertz CT molecular complexity index is 163. The van der Waals surface area contributed by atoms with Crippen molar-refractivity contribution in [3.05, 3.63) is 0 Å². The molecule has 0 aromatic carbocycles. The fourth-order valence-corrected chi connectivity index (χ4v) is 3.67. The van der Waals surface area contributed by atoms with Gasteiger partial charge in [0.1, 0.15) is 0 Å². The van der Waals surface area contributed by atoms with E-state index in [9.17, 15) is 0 Å². The summed E-state index contributed by atoms with van der Waals surface area (Å²) in [5, 5.41) is 0. The average Bonchev–Trinajstić information content (AvgIpc) is 2.83. The molecule has 1 nitrogen and oxygen atoms in total. The second kappa shape index (κ2) is 1.18. The van der Waals surface area contributed by atoms with Crippen LogP contribution in [0.5, 0.6) is 0 Å². The summed E-state index contributed by atoms with van der Waals surface area (Å²) in [6, 6.07) is 0. The van der Waals surface area contributed by atoms with Crippen molar-refractivity contribution in [3.8, 4) is 0 Å². The topological polar surface area (TPSA) is 12.5 Å². The van der Waals surface area contributed by atoms with E-state index in [-0.39, 0.29) is 0 Å². The van der Waals surface area contributed by atoms with Crippen LogP contribution >= 0.6 is 0 Å². The number of rotatable bonds is 0. The summed E-state index contributed by atoms with van der Waals surface area (Å²) in [5.41, 5.74) is 0. The smallest absolute Gasteiger partial charge is 0.0875 e. The van der Waals surface area contributed by atoms with Crippen molar-refractivity contribution in [2.45, 2.75) is 31.5 Å². The molecule has 54 valence electrons. The monoisotopic (exact) mass is 136 g/mol. The minimum absolute atomic E-state index is 0.752. The second-order valence-corrected chi connectivity index (χ2v) is 4.53. The van der Waals surface area contributed by atoms with Crippen LogP contribution in [0.2, 0.25) is 0 Å². The molecule has 0 spiro atoms. The Balaban J connectivity index is 1.85. The molecule has 0 amide bonds. The van der Waals surface area contributed by atoms with E-state index in [4.69, 9.17) is 4.74 Å². The lowest BCUT2D eigenvalue weighted by atomic mass is 9.71. The predicted molar refractivity (Wildman–Crippen MR) is 36.5 cm³/mol. The van der Waals surface area contributed by atoms with Crippen molar-refractivity contribution < 1.29 is 4.74 Å². The van der Waals surface area contributed by atoms with Gasteiger partial charge in [-0.2, -0.15) is 0 Å². The molecule has 0 radical (unpaired) electrons. The average molecular weight is 136 g/mol. The summed E-state index contributed by atoms with van der Waals surface area (Å²) in [7, 11) is 0. The summed E-state index contributed by atoms with van der Waals surface area (Å²) >= 11 is 0. The van der Waals surface area contributed by atoms with Crippen molar-refractivity contribution in [2.75, 3.05) is 0 Å². The third-order valence-corrected chi connectivity index (χ3v) is 4.23. The normalized spacial score (nSPS) is 74.4.